The Morgan fingerprint density at radius 3 is 2.42 bits per heavy atom. The normalized spacial score (nSPS) is 10.8. The lowest BCUT2D eigenvalue weighted by atomic mass is 10.1. The summed E-state index contributed by atoms with van der Waals surface area (Å²) in [6.45, 7) is 2.12. The van der Waals surface area contributed by atoms with Gasteiger partial charge in [0.05, 0.1) is 25.9 Å². The van der Waals surface area contributed by atoms with E-state index in [2.05, 4.69) is 5.32 Å². The number of anilines is 1. The molecule has 0 unspecified atom stereocenters. The maximum Gasteiger partial charge on any atom is 0.298 e. The fourth-order valence-corrected chi connectivity index (χ4v) is 4.01. The van der Waals surface area contributed by atoms with Gasteiger partial charge in [0.15, 0.2) is 11.5 Å². The Bertz CT molecular complexity index is 1280. The van der Waals surface area contributed by atoms with E-state index in [-0.39, 0.29) is 23.0 Å². The standard InChI is InChI=1S/C24H22N2O6S/c1-3-31-21-13-12-20(14-22(21)30-2)26-24(27)18-10-8-17(9-11-18)16-32-33(28,29)23-7-5-4-6-19(23)15-25/h4-14H,3,16H2,1-2H3,(H,26,27). The summed E-state index contributed by atoms with van der Waals surface area (Å²) < 4.78 is 40.7. The smallest absolute Gasteiger partial charge is 0.298 e. The molecule has 0 saturated heterocycles. The van der Waals surface area contributed by atoms with E-state index >= 15 is 0 Å². The Morgan fingerprint density at radius 1 is 1.03 bits per heavy atom. The molecule has 3 aromatic rings. The summed E-state index contributed by atoms with van der Waals surface area (Å²) in [5.74, 6) is 0.736. The van der Waals surface area contributed by atoms with Crippen LogP contribution in [0.1, 0.15) is 28.4 Å². The lowest BCUT2D eigenvalue weighted by Gasteiger charge is -2.12. The predicted octanol–water partition coefficient (Wildman–Crippen LogP) is 4.12. The van der Waals surface area contributed by atoms with Crippen LogP contribution in [0.15, 0.2) is 71.6 Å². The molecule has 8 nitrogen and oxygen atoms in total. The molecule has 0 bridgehead atoms. The van der Waals surface area contributed by atoms with E-state index in [0.717, 1.165) is 0 Å². The molecule has 1 amide bonds. The lowest BCUT2D eigenvalue weighted by molar-refractivity contribution is 0.102. The fraction of sp³-hybridized carbons (Fsp3) is 0.167. The Morgan fingerprint density at radius 2 is 1.76 bits per heavy atom. The average Bonchev–Trinajstić information content (AvgIpc) is 2.84. The van der Waals surface area contributed by atoms with Crippen LogP contribution in [-0.2, 0) is 20.9 Å². The van der Waals surface area contributed by atoms with Crippen LogP contribution in [0.2, 0.25) is 0 Å². The van der Waals surface area contributed by atoms with Crippen molar-refractivity contribution < 1.29 is 26.9 Å². The number of carbonyl (C=O) groups excluding carboxylic acids is 1. The van der Waals surface area contributed by atoms with Gasteiger partial charge in [0, 0.05) is 17.3 Å². The molecule has 3 rings (SSSR count). The van der Waals surface area contributed by atoms with E-state index in [1.54, 1.807) is 48.5 Å². The van der Waals surface area contributed by atoms with Gasteiger partial charge in [-0.25, -0.2) is 0 Å². The van der Waals surface area contributed by atoms with E-state index < -0.39 is 10.1 Å². The summed E-state index contributed by atoms with van der Waals surface area (Å²) >= 11 is 0. The van der Waals surface area contributed by atoms with Gasteiger partial charge in [-0.15, -0.1) is 0 Å². The van der Waals surface area contributed by atoms with E-state index in [0.29, 0.717) is 34.9 Å². The third kappa shape index (κ3) is 5.88. The van der Waals surface area contributed by atoms with Crippen LogP contribution in [0.3, 0.4) is 0 Å². The zero-order valence-electron chi connectivity index (χ0n) is 18.1. The molecule has 0 aliphatic heterocycles. The van der Waals surface area contributed by atoms with Gasteiger partial charge in [0.2, 0.25) is 0 Å². The van der Waals surface area contributed by atoms with Crippen LogP contribution < -0.4 is 14.8 Å². The monoisotopic (exact) mass is 466 g/mol. The summed E-state index contributed by atoms with van der Waals surface area (Å²) in [5, 5.41) is 11.9. The molecule has 0 aliphatic carbocycles. The van der Waals surface area contributed by atoms with Crippen molar-refractivity contribution >= 4 is 21.7 Å². The molecule has 0 fully saturated rings. The molecule has 0 saturated carbocycles. The molecule has 0 heterocycles. The zero-order valence-corrected chi connectivity index (χ0v) is 18.9. The molecule has 170 valence electrons. The van der Waals surface area contributed by atoms with Crippen molar-refractivity contribution in [3.63, 3.8) is 0 Å². The van der Waals surface area contributed by atoms with Gasteiger partial charge in [-0.3, -0.25) is 8.98 Å². The summed E-state index contributed by atoms with van der Waals surface area (Å²) in [5.41, 5.74) is 1.47. The Kier molecular flexibility index (Phi) is 7.66. The van der Waals surface area contributed by atoms with E-state index in [9.17, 15) is 13.2 Å². The van der Waals surface area contributed by atoms with Crippen molar-refractivity contribution in [1.82, 2.24) is 0 Å². The van der Waals surface area contributed by atoms with Crippen LogP contribution in [0.4, 0.5) is 5.69 Å². The second-order valence-electron chi connectivity index (χ2n) is 6.77. The second-order valence-corrected chi connectivity index (χ2v) is 8.36. The maximum atomic E-state index is 12.6. The lowest BCUT2D eigenvalue weighted by Crippen LogP contribution is -2.12. The summed E-state index contributed by atoms with van der Waals surface area (Å²) in [7, 11) is -2.59. The number of rotatable bonds is 9. The van der Waals surface area contributed by atoms with Gasteiger partial charge in [0.1, 0.15) is 11.0 Å². The minimum atomic E-state index is -4.11. The highest BCUT2D eigenvalue weighted by molar-refractivity contribution is 7.86. The van der Waals surface area contributed by atoms with Gasteiger partial charge in [0.25, 0.3) is 16.0 Å². The Hall–Kier alpha value is -3.87. The number of amides is 1. The molecule has 0 aromatic heterocycles. The van der Waals surface area contributed by atoms with Gasteiger partial charge in [-0.05, 0) is 48.9 Å². The first-order valence-corrected chi connectivity index (χ1v) is 11.4. The number of ether oxygens (including phenoxy) is 2. The van der Waals surface area contributed by atoms with Crippen LogP contribution in [0.25, 0.3) is 0 Å². The first-order valence-electron chi connectivity index (χ1n) is 9.97. The highest BCUT2D eigenvalue weighted by Gasteiger charge is 2.19. The largest absolute Gasteiger partial charge is 0.493 e. The number of benzene rings is 3. The van der Waals surface area contributed by atoms with Crippen LogP contribution in [0.5, 0.6) is 11.5 Å². The predicted molar refractivity (Wildman–Crippen MR) is 122 cm³/mol. The van der Waals surface area contributed by atoms with Gasteiger partial charge in [-0.2, -0.15) is 13.7 Å². The number of nitrogens with one attached hydrogen (secondary N) is 1. The van der Waals surface area contributed by atoms with Crippen molar-refractivity contribution in [1.29, 1.82) is 5.26 Å². The molecule has 0 spiro atoms. The molecule has 0 aliphatic rings. The van der Waals surface area contributed by atoms with Crippen molar-refractivity contribution in [2.75, 3.05) is 19.0 Å². The molecular weight excluding hydrogens is 444 g/mol. The number of hydrogen-bond acceptors (Lipinski definition) is 7. The van der Waals surface area contributed by atoms with Gasteiger partial charge in [-0.1, -0.05) is 24.3 Å². The molecular formula is C24H22N2O6S. The van der Waals surface area contributed by atoms with E-state index in [1.807, 2.05) is 13.0 Å². The van der Waals surface area contributed by atoms with Crippen molar-refractivity contribution in [2.45, 2.75) is 18.4 Å². The molecule has 9 heteroatoms. The maximum absolute atomic E-state index is 12.6. The summed E-state index contributed by atoms with van der Waals surface area (Å²) in [6, 6.07) is 19.1. The highest BCUT2D eigenvalue weighted by Crippen LogP contribution is 2.30. The highest BCUT2D eigenvalue weighted by atomic mass is 32.2. The van der Waals surface area contributed by atoms with Crippen molar-refractivity contribution in [3.8, 4) is 17.6 Å². The molecule has 0 atom stereocenters. The summed E-state index contributed by atoms with van der Waals surface area (Å²) in [6.07, 6.45) is 0. The summed E-state index contributed by atoms with van der Waals surface area (Å²) in [4.78, 5) is 12.4. The SMILES string of the molecule is CCOc1ccc(NC(=O)c2ccc(COS(=O)(=O)c3ccccc3C#N)cc2)cc1OC. The zero-order chi connectivity index (χ0) is 23.8. The van der Waals surface area contributed by atoms with Crippen LogP contribution in [-0.4, -0.2) is 28.0 Å². The Balaban J connectivity index is 1.65. The average molecular weight is 467 g/mol. The minimum absolute atomic E-state index is 0.00967. The van der Waals surface area contributed by atoms with E-state index in [4.69, 9.17) is 18.9 Å². The quantitative estimate of drug-likeness (QED) is 0.472. The first-order chi connectivity index (χ1) is 15.9. The van der Waals surface area contributed by atoms with E-state index in [1.165, 1.54) is 25.3 Å². The van der Waals surface area contributed by atoms with Gasteiger partial charge >= 0.3 is 0 Å². The fourth-order valence-electron chi connectivity index (χ4n) is 2.96. The van der Waals surface area contributed by atoms with Crippen LogP contribution >= 0.6 is 0 Å². The third-order valence-corrected chi connectivity index (χ3v) is 5.92. The number of hydrogen-bond donors (Lipinski definition) is 1. The van der Waals surface area contributed by atoms with Crippen molar-refractivity contribution in [3.05, 3.63) is 83.4 Å². The van der Waals surface area contributed by atoms with Gasteiger partial charge < -0.3 is 14.8 Å². The topological polar surface area (TPSA) is 115 Å². The molecule has 1 N–H and O–H groups in total. The number of nitriles is 1. The van der Waals surface area contributed by atoms with Crippen molar-refractivity contribution in [2.24, 2.45) is 0 Å². The first kappa shape index (κ1) is 23.8. The molecule has 3 aromatic carbocycles. The molecule has 0 radical (unpaired) electrons. The third-order valence-electron chi connectivity index (χ3n) is 4.60. The minimum Gasteiger partial charge on any atom is -0.493 e. The number of methoxy groups -OCH3 is 1. The van der Waals surface area contributed by atoms with Crippen LogP contribution in [0, 0.1) is 11.3 Å². The number of carbonyl (C=O) groups is 1. The molecule has 33 heavy (non-hydrogen) atoms. The number of nitrogens with zero attached hydrogens (tertiary/aromatic N) is 1. The second kappa shape index (κ2) is 10.6. The Labute approximate surface area is 192 Å².